The second-order valence-electron chi connectivity index (χ2n) is 6.60. The minimum atomic E-state index is 0.0153. The van der Waals surface area contributed by atoms with Crippen LogP contribution in [0.1, 0.15) is 28.7 Å². The Labute approximate surface area is 149 Å². The van der Waals surface area contributed by atoms with Crippen LogP contribution in [-0.2, 0) is 13.0 Å². The maximum Gasteiger partial charge on any atom is 0.317 e. The average Bonchev–Trinajstić information content (AvgIpc) is 2.63. The Hall–Kier alpha value is -2.49. The van der Waals surface area contributed by atoms with Gasteiger partial charge in [0.1, 0.15) is 5.75 Å². The third kappa shape index (κ3) is 4.32. The molecule has 0 spiro atoms. The van der Waals surface area contributed by atoms with Crippen LogP contribution >= 0.6 is 0 Å². The first-order chi connectivity index (χ1) is 12.1. The number of para-hydroxylation sites is 1. The van der Waals surface area contributed by atoms with Gasteiger partial charge in [0.15, 0.2) is 0 Å². The fourth-order valence-corrected chi connectivity index (χ4v) is 3.25. The third-order valence-electron chi connectivity index (χ3n) is 4.67. The number of benzene rings is 2. The number of amides is 2. The molecule has 0 unspecified atom stereocenters. The van der Waals surface area contributed by atoms with E-state index in [-0.39, 0.29) is 6.03 Å². The zero-order chi connectivity index (χ0) is 17.6. The van der Waals surface area contributed by atoms with E-state index in [0.29, 0.717) is 19.7 Å². The van der Waals surface area contributed by atoms with Gasteiger partial charge < -0.3 is 15.0 Å². The van der Waals surface area contributed by atoms with Gasteiger partial charge in [-0.1, -0.05) is 42.5 Å². The molecule has 0 radical (unpaired) electrons. The standard InChI is InChI=1S/C21H26N2O2/c1-16-7-5-8-17(2)20(16)25-14-6-12-22-21(24)23-13-11-18-9-3-4-10-19(18)15-23/h3-5,7-10H,6,11-15H2,1-2H3,(H,22,24). The zero-order valence-corrected chi connectivity index (χ0v) is 15.0. The van der Waals surface area contributed by atoms with E-state index in [9.17, 15) is 4.79 Å². The van der Waals surface area contributed by atoms with E-state index >= 15 is 0 Å². The number of rotatable bonds is 5. The molecule has 0 atom stereocenters. The van der Waals surface area contributed by atoms with Crippen molar-refractivity contribution in [1.29, 1.82) is 0 Å². The number of nitrogens with one attached hydrogen (secondary N) is 1. The minimum Gasteiger partial charge on any atom is -0.493 e. The van der Waals surface area contributed by atoms with Gasteiger partial charge in [-0.05, 0) is 48.9 Å². The Morgan fingerprint density at radius 1 is 1.08 bits per heavy atom. The van der Waals surface area contributed by atoms with Crippen molar-refractivity contribution in [3.63, 3.8) is 0 Å². The van der Waals surface area contributed by atoms with Gasteiger partial charge >= 0.3 is 6.03 Å². The van der Waals surface area contributed by atoms with Gasteiger partial charge in [-0.3, -0.25) is 0 Å². The summed E-state index contributed by atoms with van der Waals surface area (Å²) in [5.74, 6) is 0.960. The first kappa shape index (κ1) is 17.3. The van der Waals surface area contributed by atoms with Crippen LogP contribution < -0.4 is 10.1 Å². The van der Waals surface area contributed by atoms with Crippen LogP contribution in [0.25, 0.3) is 0 Å². The SMILES string of the molecule is Cc1cccc(C)c1OCCCNC(=O)N1CCc2ccccc2C1. The summed E-state index contributed by atoms with van der Waals surface area (Å²) in [5, 5.41) is 3.01. The Balaban J connectivity index is 1.40. The normalized spacial score (nSPS) is 13.3. The number of hydrogen-bond donors (Lipinski definition) is 1. The van der Waals surface area contributed by atoms with Gasteiger partial charge in [-0.2, -0.15) is 0 Å². The highest BCUT2D eigenvalue weighted by molar-refractivity contribution is 5.74. The second kappa shape index (κ2) is 8.06. The molecule has 0 fully saturated rings. The van der Waals surface area contributed by atoms with E-state index < -0.39 is 0 Å². The van der Waals surface area contributed by atoms with Crippen LogP contribution in [0.5, 0.6) is 5.75 Å². The molecule has 4 heteroatoms. The Bertz CT molecular complexity index is 722. The molecule has 2 amide bonds. The van der Waals surface area contributed by atoms with Crippen LogP contribution in [0, 0.1) is 13.8 Å². The summed E-state index contributed by atoms with van der Waals surface area (Å²) in [5.41, 5.74) is 4.91. The van der Waals surface area contributed by atoms with E-state index in [4.69, 9.17) is 4.74 Å². The Kier molecular flexibility index (Phi) is 5.59. The molecule has 1 N–H and O–H groups in total. The topological polar surface area (TPSA) is 41.6 Å². The summed E-state index contributed by atoms with van der Waals surface area (Å²) in [7, 11) is 0. The van der Waals surface area contributed by atoms with Crippen LogP contribution in [-0.4, -0.2) is 30.6 Å². The molecule has 0 aromatic heterocycles. The van der Waals surface area contributed by atoms with Crippen LogP contribution in [0.4, 0.5) is 4.79 Å². The lowest BCUT2D eigenvalue weighted by Crippen LogP contribution is -2.43. The molecular weight excluding hydrogens is 312 g/mol. The van der Waals surface area contributed by atoms with Crippen molar-refractivity contribution >= 4 is 6.03 Å². The van der Waals surface area contributed by atoms with Crippen molar-refractivity contribution in [3.05, 3.63) is 64.7 Å². The molecular formula is C21H26N2O2. The molecule has 1 heterocycles. The van der Waals surface area contributed by atoms with Crippen molar-refractivity contribution in [3.8, 4) is 5.75 Å². The van der Waals surface area contributed by atoms with Gasteiger partial charge in [0.25, 0.3) is 0 Å². The van der Waals surface area contributed by atoms with Gasteiger partial charge in [-0.15, -0.1) is 0 Å². The van der Waals surface area contributed by atoms with Crippen LogP contribution in [0.2, 0.25) is 0 Å². The first-order valence-corrected chi connectivity index (χ1v) is 8.94. The quantitative estimate of drug-likeness (QED) is 0.842. The molecule has 0 bridgehead atoms. The van der Waals surface area contributed by atoms with E-state index in [1.54, 1.807) is 0 Å². The highest BCUT2D eigenvalue weighted by Gasteiger charge is 2.19. The second-order valence-corrected chi connectivity index (χ2v) is 6.60. The number of hydrogen-bond acceptors (Lipinski definition) is 2. The molecule has 4 nitrogen and oxygen atoms in total. The minimum absolute atomic E-state index is 0.0153. The highest BCUT2D eigenvalue weighted by Crippen LogP contribution is 2.22. The van der Waals surface area contributed by atoms with Crippen molar-refractivity contribution in [2.75, 3.05) is 19.7 Å². The molecule has 25 heavy (non-hydrogen) atoms. The van der Waals surface area contributed by atoms with E-state index in [1.807, 2.05) is 17.0 Å². The zero-order valence-electron chi connectivity index (χ0n) is 15.0. The molecule has 3 rings (SSSR count). The first-order valence-electron chi connectivity index (χ1n) is 8.94. The lowest BCUT2D eigenvalue weighted by Gasteiger charge is -2.29. The summed E-state index contributed by atoms with van der Waals surface area (Å²) in [4.78, 5) is 14.2. The molecule has 1 aliphatic rings. The predicted molar refractivity (Wildman–Crippen MR) is 100.0 cm³/mol. The number of carbonyl (C=O) groups is 1. The molecule has 2 aromatic rings. The molecule has 0 saturated carbocycles. The Morgan fingerprint density at radius 3 is 2.56 bits per heavy atom. The maximum atomic E-state index is 12.3. The lowest BCUT2D eigenvalue weighted by molar-refractivity contribution is 0.191. The fraction of sp³-hybridized carbons (Fsp3) is 0.381. The molecule has 0 aliphatic carbocycles. The third-order valence-corrected chi connectivity index (χ3v) is 4.67. The summed E-state index contributed by atoms with van der Waals surface area (Å²) in [6.45, 7) is 6.82. The van der Waals surface area contributed by atoms with Gasteiger partial charge in [0.05, 0.1) is 6.61 Å². The number of carbonyl (C=O) groups excluding carboxylic acids is 1. The average molecular weight is 338 g/mol. The number of aryl methyl sites for hydroxylation is 2. The van der Waals surface area contributed by atoms with E-state index in [2.05, 4.69) is 49.5 Å². The van der Waals surface area contributed by atoms with Gasteiger partial charge in [0.2, 0.25) is 0 Å². The lowest BCUT2D eigenvalue weighted by atomic mass is 10.0. The van der Waals surface area contributed by atoms with Crippen LogP contribution in [0.15, 0.2) is 42.5 Å². The predicted octanol–water partition coefficient (Wildman–Crippen LogP) is 3.84. The summed E-state index contributed by atoms with van der Waals surface area (Å²) in [6.07, 6.45) is 1.73. The highest BCUT2D eigenvalue weighted by atomic mass is 16.5. The monoisotopic (exact) mass is 338 g/mol. The summed E-state index contributed by atoms with van der Waals surface area (Å²) >= 11 is 0. The van der Waals surface area contributed by atoms with E-state index in [1.165, 1.54) is 11.1 Å². The Morgan fingerprint density at radius 2 is 1.80 bits per heavy atom. The van der Waals surface area contributed by atoms with Crippen molar-refractivity contribution in [2.24, 2.45) is 0 Å². The molecule has 132 valence electrons. The summed E-state index contributed by atoms with van der Waals surface area (Å²) in [6, 6.07) is 14.5. The number of urea groups is 1. The van der Waals surface area contributed by atoms with Crippen molar-refractivity contribution < 1.29 is 9.53 Å². The largest absolute Gasteiger partial charge is 0.493 e. The van der Waals surface area contributed by atoms with E-state index in [0.717, 1.165) is 36.3 Å². The van der Waals surface area contributed by atoms with Gasteiger partial charge in [0, 0.05) is 19.6 Å². The maximum absolute atomic E-state index is 12.3. The number of ether oxygens (including phenoxy) is 1. The molecule has 2 aromatic carbocycles. The fourth-order valence-electron chi connectivity index (χ4n) is 3.25. The molecule has 0 saturated heterocycles. The van der Waals surface area contributed by atoms with Crippen LogP contribution in [0.3, 0.4) is 0 Å². The number of nitrogens with zero attached hydrogens (tertiary/aromatic N) is 1. The van der Waals surface area contributed by atoms with Crippen molar-refractivity contribution in [2.45, 2.75) is 33.2 Å². The van der Waals surface area contributed by atoms with Gasteiger partial charge in [-0.25, -0.2) is 4.79 Å². The summed E-state index contributed by atoms with van der Waals surface area (Å²) < 4.78 is 5.88. The number of fused-ring (bicyclic) bond motifs is 1. The van der Waals surface area contributed by atoms with Crippen molar-refractivity contribution in [1.82, 2.24) is 10.2 Å². The molecule has 1 aliphatic heterocycles. The smallest absolute Gasteiger partial charge is 0.317 e.